The largest absolute Gasteiger partial charge is 0.497 e. The number of thiazole rings is 1. The van der Waals surface area contributed by atoms with Crippen LogP contribution >= 0.6 is 23.7 Å². The highest BCUT2D eigenvalue weighted by Gasteiger charge is 2.27. The molecule has 1 aliphatic rings. The van der Waals surface area contributed by atoms with E-state index in [4.69, 9.17) is 25.6 Å². The van der Waals surface area contributed by atoms with Crippen molar-refractivity contribution in [2.45, 2.75) is 17.4 Å². The predicted molar refractivity (Wildman–Crippen MR) is 148 cm³/mol. The maximum Gasteiger partial charge on any atom is 0.262 e. The molecule has 0 spiro atoms. The molecule has 5 rings (SSSR count). The number of methoxy groups -OCH3 is 1. The van der Waals surface area contributed by atoms with Crippen LogP contribution in [0.15, 0.2) is 65.6 Å². The lowest BCUT2D eigenvalue weighted by Crippen LogP contribution is -2.31. The Bertz CT molecular complexity index is 1640. The number of anilines is 1. The summed E-state index contributed by atoms with van der Waals surface area (Å²) in [7, 11) is -2.46. The van der Waals surface area contributed by atoms with Crippen molar-refractivity contribution in [1.29, 1.82) is 5.41 Å². The standard InChI is InChI=1S/C25H23N5O5S2.ClH/c1-34-16-5-7-18-22(11-16)36-25(29-18)20(10-14-3-2-4-15(9-14)24(26)27)30-37(32,33)17-6-8-21-19(12-17)28-23(31)13-35-21;/h2-9,11-12,20,30H,10,13H2,1H3,(H3,26,27)(H,28,31);1H. The topological polar surface area (TPSA) is 156 Å². The van der Waals surface area contributed by atoms with Gasteiger partial charge in [-0.05, 0) is 54.4 Å². The maximum absolute atomic E-state index is 13.5. The molecule has 0 radical (unpaired) electrons. The summed E-state index contributed by atoms with van der Waals surface area (Å²) in [6.07, 6.45) is 0.266. The Labute approximate surface area is 229 Å². The number of nitrogens with one attached hydrogen (secondary N) is 3. The number of benzene rings is 3. The lowest BCUT2D eigenvalue weighted by molar-refractivity contribution is -0.118. The molecule has 0 saturated heterocycles. The minimum Gasteiger partial charge on any atom is -0.497 e. The highest BCUT2D eigenvalue weighted by atomic mass is 35.5. The summed E-state index contributed by atoms with van der Waals surface area (Å²) in [5.41, 5.74) is 7.98. The van der Waals surface area contributed by atoms with Crippen molar-refractivity contribution in [3.05, 3.63) is 76.8 Å². The fraction of sp³-hybridized carbons (Fsp3) is 0.160. The zero-order chi connectivity index (χ0) is 26.2. The number of nitrogen functional groups attached to an aromatic ring is 1. The zero-order valence-electron chi connectivity index (χ0n) is 20.1. The van der Waals surface area contributed by atoms with Crippen LogP contribution in [0.4, 0.5) is 5.69 Å². The average Bonchev–Trinajstić information content (AvgIpc) is 3.31. The summed E-state index contributed by atoms with van der Waals surface area (Å²) in [6.45, 7) is -0.124. The number of rotatable bonds is 8. The van der Waals surface area contributed by atoms with Crippen molar-refractivity contribution in [3.8, 4) is 11.5 Å². The van der Waals surface area contributed by atoms with Crippen molar-refractivity contribution < 1.29 is 22.7 Å². The first-order valence-corrected chi connectivity index (χ1v) is 13.5. The van der Waals surface area contributed by atoms with Crippen molar-refractivity contribution in [3.63, 3.8) is 0 Å². The van der Waals surface area contributed by atoms with Crippen molar-refractivity contribution >= 4 is 61.4 Å². The molecule has 1 atom stereocenters. The normalized spacial score (nSPS) is 13.6. The molecule has 1 unspecified atom stereocenters. The number of aromatic nitrogens is 1. The van der Waals surface area contributed by atoms with Gasteiger partial charge in [0.05, 0.1) is 34.0 Å². The Morgan fingerprint density at radius 1 is 1.24 bits per heavy atom. The molecule has 198 valence electrons. The van der Waals surface area contributed by atoms with Gasteiger partial charge in [-0.3, -0.25) is 10.2 Å². The SMILES string of the molecule is COc1ccc2nc(C(Cc3cccc(C(=N)N)c3)NS(=O)(=O)c3ccc4c(c3)NC(=O)CO4)sc2c1.Cl. The Morgan fingerprint density at radius 3 is 2.82 bits per heavy atom. The zero-order valence-corrected chi connectivity index (χ0v) is 22.5. The number of fused-ring (bicyclic) bond motifs is 2. The smallest absolute Gasteiger partial charge is 0.262 e. The van der Waals surface area contributed by atoms with Crippen LogP contribution < -0.4 is 25.2 Å². The maximum atomic E-state index is 13.5. The minimum absolute atomic E-state index is 0. The third kappa shape index (κ3) is 5.73. The molecule has 1 amide bonds. The number of carbonyl (C=O) groups is 1. The van der Waals surface area contributed by atoms with E-state index in [2.05, 4.69) is 10.0 Å². The first kappa shape index (κ1) is 27.3. The Balaban J connectivity index is 0.00000336. The molecular weight excluding hydrogens is 550 g/mol. The van der Waals surface area contributed by atoms with Gasteiger partial charge in [-0.25, -0.2) is 18.1 Å². The number of ether oxygens (including phenoxy) is 2. The number of halogens is 1. The van der Waals surface area contributed by atoms with Gasteiger partial charge in [0.1, 0.15) is 22.3 Å². The molecule has 0 bridgehead atoms. The lowest BCUT2D eigenvalue weighted by Gasteiger charge is -2.20. The molecule has 10 nitrogen and oxygen atoms in total. The molecule has 0 saturated carbocycles. The summed E-state index contributed by atoms with van der Waals surface area (Å²) < 4.78 is 41.3. The molecule has 1 aliphatic heterocycles. The second-order valence-electron chi connectivity index (χ2n) is 8.37. The molecule has 1 aromatic heterocycles. The van der Waals surface area contributed by atoms with Crippen LogP contribution in [0.1, 0.15) is 22.2 Å². The summed E-state index contributed by atoms with van der Waals surface area (Å²) in [6, 6.07) is 16.1. The van der Waals surface area contributed by atoms with E-state index in [9.17, 15) is 13.2 Å². The second-order valence-corrected chi connectivity index (χ2v) is 11.1. The van der Waals surface area contributed by atoms with E-state index < -0.39 is 16.1 Å². The van der Waals surface area contributed by atoms with Gasteiger partial charge in [0.2, 0.25) is 10.0 Å². The molecule has 38 heavy (non-hydrogen) atoms. The van der Waals surface area contributed by atoms with Crippen LogP contribution in [-0.2, 0) is 21.2 Å². The third-order valence-electron chi connectivity index (χ3n) is 5.78. The highest BCUT2D eigenvalue weighted by Crippen LogP contribution is 2.34. The Morgan fingerprint density at radius 2 is 2.05 bits per heavy atom. The summed E-state index contributed by atoms with van der Waals surface area (Å²) in [5, 5.41) is 10.9. The number of nitrogens with two attached hydrogens (primary N) is 1. The van der Waals surface area contributed by atoms with E-state index in [0.29, 0.717) is 22.1 Å². The molecular formula is C25H24ClN5O5S2. The first-order chi connectivity index (χ1) is 17.7. The van der Waals surface area contributed by atoms with Crippen molar-refractivity contribution in [2.75, 3.05) is 19.0 Å². The predicted octanol–water partition coefficient (Wildman–Crippen LogP) is 3.60. The van der Waals surface area contributed by atoms with Crippen LogP contribution in [0.5, 0.6) is 11.5 Å². The fourth-order valence-electron chi connectivity index (χ4n) is 3.96. The van der Waals surface area contributed by atoms with Gasteiger partial charge in [0.15, 0.2) is 6.61 Å². The highest BCUT2D eigenvalue weighted by molar-refractivity contribution is 7.89. The van der Waals surface area contributed by atoms with E-state index in [-0.39, 0.29) is 47.8 Å². The van der Waals surface area contributed by atoms with Gasteiger partial charge in [-0.15, -0.1) is 23.7 Å². The number of amides is 1. The van der Waals surface area contributed by atoms with E-state index in [1.54, 1.807) is 31.4 Å². The molecule has 13 heteroatoms. The monoisotopic (exact) mass is 573 g/mol. The van der Waals surface area contributed by atoms with E-state index in [1.165, 1.54) is 29.5 Å². The molecule has 3 aromatic carbocycles. The summed E-state index contributed by atoms with van der Waals surface area (Å²) >= 11 is 1.36. The molecule has 5 N–H and O–H groups in total. The van der Waals surface area contributed by atoms with Crippen LogP contribution in [0.2, 0.25) is 0 Å². The van der Waals surface area contributed by atoms with Crippen LogP contribution in [0, 0.1) is 5.41 Å². The lowest BCUT2D eigenvalue weighted by atomic mass is 10.0. The van der Waals surface area contributed by atoms with Crippen LogP contribution in [-0.4, -0.2) is 38.9 Å². The number of sulfonamides is 1. The number of nitrogens with zero attached hydrogens (tertiary/aromatic N) is 1. The number of hydrogen-bond acceptors (Lipinski definition) is 8. The number of carbonyl (C=O) groups excluding carboxylic acids is 1. The quantitative estimate of drug-likeness (QED) is 0.185. The first-order valence-electron chi connectivity index (χ1n) is 11.2. The van der Waals surface area contributed by atoms with Gasteiger partial charge in [-0.1, -0.05) is 18.2 Å². The number of amidine groups is 1. The van der Waals surface area contributed by atoms with Gasteiger partial charge in [-0.2, -0.15) is 0 Å². The average molecular weight is 574 g/mol. The van der Waals surface area contributed by atoms with E-state index in [1.807, 2.05) is 18.2 Å². The summed E-state index contributed by atoms with van der Waals surface area (Å²) in [4.78, 5) is 16.4. The van der Waals surface area contributed by atoms with Gasteiger partial charge < -0.3 is 20.5 Å². The Hall–Kier alpha value is -3.71. The fourth-order valence-corrected chi connectivity index (χ4v) is 6.31. The Kier molecular flexibility index (Phi) is 7.88. The van der Waals surface area contributed by atoms with Crippen LogP contribution in [0.25, 0.3) is 10.2 Å². The molecule has 0 fully saturated rings. The number of hydrogen-bond donors (Lipinski definition) is 4. The molecule has 4 aromatic rings. The van der Waals surface area contributed by atoms with E-state index in [0.717, 1.165) is 15.8 Å². The van der Waals surface area contributed by atoms with Crippen molar-refractivity contribution in [1.82, 2.24) is 9.71 Å². The molecule has 0 aliphatic carbocycles. The van der Waals surface area contributed by atoms with Gasteiger partial charge >= 0.3 is 0 Å². The third-order valence-corrected chi connectivity index (χ3v) is 8.38. The van der Waals surface area contributed by atoms with Gasteiger partial charge in [0, 0.05) is 5.56 Å². The summed E-state index contributed by atoms with van der Waals surface area (Å²) in [5.74, 6) is 0.635. The second kappa shape index (κ2) is 11.0. The molecule has 2 heterocycles. The minimum atomic E-state index is -4.04. The van der Waals surface area contributed by atoms with E-state index >= 15 is 0 Å². The van der Waals surface area contributed by atoms with Gasteiger partial charge in [0.25, 0.3) is 5.91 Å². The van der Waals surface area contributed by atoms with Crippen molar-refractivity contribution in [2.24, 2.45) is 5.73 Å². The van der Waals surface area contributed by atoms with Crippen LogP contribution in [0.3, 0.4) is 0 Å².